The molecule has 0 fully saturated rings. The smallest absolute Gasteiger partial charge is 0.234 e. The maximum absolute atomic E-state index is 13.0. The number of tetrazole rings is 1. The summed E-state index contributed by atoms with van der Waals surface area (Å²) in [7, 11) is 0. The van der Waals surface area contributed by atoms with Gasteiger partial charge < -0.3 is 5.32 Å². The van der Waals surface area contributed by atoms with Crippen molar-refractivity contribution in [3.05, 3.63) is 29.8 Å². The molecule has 112 valence electrons. The third-order valence-electron chi connectivity index (χ3n) is 2.43. The Labute approximate surface area is 123 Å². The SMILES string of the molecule is CC(C)n1nnnc1SCC(=O)Nc1cc(F)cc(F)c1. The highest BCUT2D eigenvalue weighted by molar-refractivity contribution is 7.99. The molecule has 9 heteroatoms. The van der Waals surface area contributed by atoms with Gasteiger partial charge in [-0.1, -0.05) is 11.8 Å². The topological polar surface area (TPSA) is 72.7 Å². The molecule has 0 radical (unpaired) electrons. The molecule has 2 rings (SSSR count). The van der Waals surface area contributed by atoms with Gasteiger partial charge in [-0.15, -0.1) is 5.10 Å². The third-order valence-corrected chi connectivity index (χ3v) is 3.36. The van der Waals surface area contributed by atoms with Crippen molar-refractivity contribution in [3.63, 3.8) is 0 Å². The van der Waals surface area contributed by atoms with E-state index in [2.05, 4.69) is 20.8 Å². The normalized spacial score (nSPS) is 10.9. The molecule has 1 aromatic carbocycles. The summed E-state index contributed by atoms with van der Waals surface area (Å²) in [4.78, 5) is 11.8. The van der Waals surface area contributed by atoms with E-state index in [1.807, 2.05) is 13.8 Å². The van der Waals surface area contributed by atoms with Crippen LogP contribution in [-0.2, 0) is 4.79 Å². The average molecular weight is 313 g/mol. The van der Waals surface area contributed by atoms with E-state index < -0.39 is 17.5 Å². The first-order chi connectivity index (χ1) is 9.95. The van der Waals surface area contributed by atoms with Crippen LogP contribution in [0.2, 0.25) is 0 Å². The van der Waals surface area contributed by atoms with Crippen LogP contribution >= 0.6 is 11.8 Å². The average Bonchev–Trinajstić information content (AvgIpc) is 2.83. The summed E-state index contributed by atoms with van der Waals surface area (Å²) >= 11 is 1.15. The van der Waals surface area contributed by atoms with E-state index in [9.17, 15) is 13.6 Å². The van der Waals surface area contributed by atoms with Gasteiger partial charge in [0.25, 0.3) is 0 Å². The lowest BCUT2D eigenvalue weighted by atomic mass is 10.3. The molecule has 21 heavy (non-hydrogen) atoms. The van der Waals surface area contributed by atoms with Crippen molar-refractivity contribution >= 4 is 23.4 Å². The Morgan fingerprint density at radius 3 is 2.62 bits per heavy atom. The van der Waals surface area contributed by atoms with Crippen LogP contribution < -0.4 is 5.32 Å². The monoisotopic (exact) mass is 313 g/mol. The molecule has 0 aliphatic rings. The predicted octanol–water partition coefficient (Wildman–Crippen LogP) is 2.26. The summed E-state index contributed by atoms with van der Waals surface area (Å²) in [6.07, 6.45) is 0. The van der Waals surface area contributed by atoms with Crippen LogP contribution in [0.25, 0.3) is 0 Å². The maximum Gasteiger partial charge on any atom is 0.234 e. The number of amides is 1. The zero-order valence-corrected chi connectivity index (χ0v) is 12.2. The number of thioether (sulfide) groups is 1. The van der Waals surface area contributed by atoms with Crippen LogP contribution in [0.4, 0.5) is 14.5 Å². The second kappa shape index (κ2) is 6.61. The number of anilines is 1. The van der Waals surface area contributed by atoms with E-state index in [0.29, 0.717) is 5.16 Å². The minimum Gasteiger partial charge on any atom is -0.325 e. The molecule has 0 bridgehead atoms. The summed E-state index contributed by atoms with van der Waals surface area (Å²) in [5.41, 5.74) is 0.0709. The van der Waals surface area contributed by atoms with Gasteiger partial charge in [-0.3, -0.25) is 4.79 Å². The second-order valence-electron chi connectivity index (χ2n) is 4.49. The molecular weight excluding hydrogens is 300 g/mol. The minimum absolute atomic E-state index is 0.0330. The summed E-state index contributed by atoms with van der Waals surface area (Å²) in [5.74, 6) is -1.86. The van der Waals surface area contributed by atoms with Gasteiger partial charge in [0.15, 0.2) is 0 Å². The number of carbonyl (C=O) groups is 1. The Kier molecular flexibility index (Phi) is 4.84. The van der Waals surface area contributed by atoms with Crippen molar-refractivity contribution in [2.75, 3.05) is 11.1 Å². The van der Waals surface area contributed by atoms with Crippen molar-refractivity contribution in [1.29, 1.82) is 0 Å². The van der Waals surface area contributed by atoms with E-state index in [1.165, 1.54) is 0 Å². The summed E-state index contributed by atoms with van der Waals surface area (Å²) in [6, 6.07) is 2.90. The second-order valence-corrected chi connectivity index (χ2v) is 5.44. The number of halogens is 2. The molecular formula is C12H13F2N5OS. The van der Waals surface area contributed by atoms with E-state index in [4.69, 9.17) is 0 Å². The molecule has 0 aliphatic carbocycles. The molecule has 0 unspecified atom stereocenters. The van der Waals surface area contributed by atoms with Gasteiger partial charge in [-0.2, -0.15) is 0 Å². The summed E-state index contributed by atoms with van der Waals surface area (Å²) in [6.45, 7) is 3.83. The molecule has 0 saturated heterocycles. The number of nitrogens with zero attached hydrogens (tertiary/aromatic N) is 4. The fourth-order valence-corrected chi connectivity index (χ4v) is 2.36. The molecule has 0 saturated carbocycles. The van der Waals surface area contributed by atoms with E-state index in [-0.39, 0.29) is 17.5 Å². The van der Waals surface area contributed by atoms with Crippen LogP contribution in [0, 0.1) is 11.6 Å². The lowest BCUT2D eigenvalue weighted by Crippen LogP contribution is -2.15. The van der Waals surface area contributed by atoms with Crippen LogP contribution in [-0.4, -0.2) is 31.9 Å². The molecule has 1 heterocycles. The first-order valence-electron chi connectivity index (χ1n) is 6.12. The van der Waals surface area contributed by atoms with Crippen molar-refractivity contribution in [1.82, 2.24) is 20.2 Å². The lowest BCUT2D eigenvalue weighted by molar-refractivity contribution is -0.113. The molecule has 1 amide bonds. The standard InChI is InChI=1S/C12H13F2N5OS/c1-7(2)19-12(16-17-18-19)21-6-11(20)15-10-4-8(13)3-9(14)5-10/h3-5,7H,6H2,1-2H3,(H,15,20). The quantitative estimate of drug-likeness (QED) is 0.857. The molecule has 1 aromatic heterocycles. The molecule has 0 aliphatic heterocycles. The molecule has 6 nitrogen and oxygen atoms in total. The van der Waals surface area contributed by atoms with Crippen LogP contribution in [0.15, 0.2) is 23.4 Å². The summed E-state index contributed by atoms with van der Waals surface area (Å²) < 4.78 is 27.6. The zero-order valence-electron chi connectivity index (χ0n) is 11.4. The Balaban J connectivity index is 1.94. The van der Waals surface area contributed by atoms with E-state index >= 15 is 0 Å². The van der Waals surface area contributed by atoms with Gasteiger partial charge in [0.2, 0.25) is 11.1 Å². The van der Waals surface area contributed by atoms with E-state index in [0.717, 1.165) is 30.0 Å². The molecule has 0 spiro atoms. The van der Waals surface area contributed by atoms with Gasteiger partial charge in [-0.25, -0.2) is 13.5 Å². The zero-order chi connectivity index (χ0) is 15.4. The number of benzene rings is 1. The van der Waals surface area contributed by atoms with Gasteiger partial charge in [0, 0.05) is 11.8 Å². The molecule has 0 atom stereocenters. The molecule has 1 N–H and O–H groups in total. The Bertz CT molecular complexity index is 626. The number of aromatic nitrogens is 4. The minimum atomic E-state index is -0.748. The highest BCUT2D eigenvalue weighted by Crippen LogP contribution is 2.18. The largest absolute Gasteiger partial charge is 0.325 e. The van der Waals surface area contributed by atoms with Gasteiger partial charge in [0.1, 0.15) is 11.6 Å². The number of hydrogen-bond donors (Lipinski definition) is 1. The Morgan fingerprint density at radius 1 is 1.33 bits per heavy atom. The van der Waals surface area contributed by atoms with Crippen LogP contribution in [0.3, 0.4) is 0 Å². The van der Waals surface area contributed by atoms with E-state index in [1.54, 1.807) is 4.68 Å². The number of rotatable bonds is 5. The van der Waals surface area contributed by atoms with Crippen molar-refractivity contribution in [2.45, 2.75) is 25.0 Å². The molecule has 2 aromatic rings. The highest BCUT2D eigenvalue weighted by atomic mass is 32.2. The Hall–Kier alpha value is -2.03. The number of nitrogens with one attached hydrogen (secondary N) is 1. The number of carbonyl (C=O) groups excluding carboxylic acids is 1. The van der Waals surface area contributed by atoms with Gasteiger partial charge in [-0.05, 0) is 36.4 Å². The van der Waals surface area contributed by atoms with Crippen LogP contribution in [0.5, 0.6) is 0 Å². The van der Waals surface area contributed by atoms with Crippen LogP contribution in [0.1, 0.15) is 19.9 Å². The fourth-order valence-electron chi connectivity index (χ4n) is 1.56. The first kappa shape index (κ1) is 15.4. The van der Waals surface area contributed by atoms with Crippen molar-refractivity contribution in [2.24, 2.45) is 0 Å². The van der Waals surface area contributed by atoms with Crippen molar-refractivity contribution < 1.29 is 13.6 Å². The fraction of sp³-hybridized carbons (Fsp3) is 0.333. The highest BCUT2D eigenvalue weighted by Gasteiger charge is 2.12. The van der Waals surface area contributed by atoms with Crippen molar-refractivity contribution in [3.8, 4) is 0 Å². The Morgan fingerprint density at radius 2 is 2.00 bits per heavy atom. The first-order valence-corrected chi connectivity index (χ1v) is 7.11. The van der Waals surface area contributed by atoms with Gasteiger partial charge in [0.05, 0.1) is 11.8 Å². The maximum atomic E-state index is 13.0. The number of hydrogen-bond acceptors (Lipinski definition) is 5. The summed E-state index contributed by atoms with van der Waals surface area (Å²) in [5, 5.41) is 14.1. The predicted molar refractivity (Wildman–Crippen MR) is 73.9 cm³/mol. The third kappa shape index (κ3) is 4.22. The lowest BCUT2D eigenvalue weighted by Gasteiger charge is -2.07. The van der Waals surface area contributed by atoms with Gasteiger partial charge >= 0.3 is 0 Å².